The van der Waals surface area contributed by atoms with Crippen molar-refractivity contribution in [1.29, 1.82) is 0 Å². The zero-order valence-corrected chi connectivity index (χ0v) is 23.9. The molecule has 3 atom stereocenters. The molecule has 0 aromatic heterocycles. The fraction of sp³-hybridized carbons (Fsp3) is 0.600. The molecule has 1 aromatic rings. The van der Waals surface area contributed by atoms with E-state index >= 15 is 0 Å². The van der Waals surface area contributed by atoms with Gasteiger partial charge in [0.15, 0.2) is 0 Å². The highest BCUT2D eigenvalue weighted by molar-refractivity contribution is 5.93. The fourth-order valence-electron chi connectivity index (χ4n) is 4.78. The van der Waals surface area contributed by atoms with E-state index in [1.54, 1.807) is 45.0 Å². The molecule has 2 rings (SSSR count). The first-order valence-electron chi connectivity index (χ1n) is 13.8. The van der Waals surface area contributed by atoms with E-state index in [1.165, 1.54) is 4.90 Å². The molecule has 1 saturated carbocycles. The van der Waals surface area contributed by atoms with Crippen LogP contribution in [-0.2, 0) is 19.1 Å². The number of carbonyl (C=O) groups is 4. The highest BCUT2D eigenvalue weighted by Gasteiger charge is 2.40. The van der Waals surface area contributed by atoms with Crippen LogP contribution in [0.2, 0.25) is 0 Å². The van der Waals surface area contributed by atoms with Gasteiger partial charge in [-0.05, 0) is 65.0 Å². The fourth-order valence-corrected chi connectivity index (χ4v) is 4.78. The first-order valence-corrected chi connectivity index (χ1v) is 13.8. The van der Waals surface area contributed by atoms with Gasteiger partial charge in [-0.15, -0.1) is 6.42 Å². The van der Waals surface area contributed by atoms with Gasteiger partial charge in [0.1, 0.15) is 17.7 Å². The first-order chi connectivity index (χ1) is 18.4. The standard InChI is InChI=1S/C30H44N4O5/c1-7-20(3)34(28(37)24(18-19-25(31)35)33-29(38)39-30(4,5)6)26(23-17-13-12-14-21(23)8-2)27(36)32-22-15-10-9-11-16-22/h2,12-14,17,20,22,24,26H,7,9-11,15-16,18-19H2,1,3-6H3,(H2,31,35)(H,32,36)(H,33,38). The Kier molecular flexibility index (Phi) is 11.8. The SMILES string of the molecule is C#Cc1ccccc1C(C(=O)NC1CCCCC1)N(C(=O)C(CCC(N)=O)NC(=O)OC(C)(C)C)C(C)CC. The minimum absolute atomic E-state index is 0.00572. The zero-order chi connectivity index (χ0) is 29.2. The quantitative estimate of drug-likeness (QED) is 0.366. The summed E-state index contributed by atoms with van der Waals surface area (Å²) in [5.74, 6) is 1.18. The summed E-state index contributed by atoms with van der Waals surface area (Å²) in [7, 11) is 0. The minimum atomic E-state index is -1.15. The van der Waals surface area contributed by atoms with Gasteiger partial charge in [0.05, 0.1) is 0 Å². The maximum absolute atomic E-state index is 14.2. The molecular formula is C30H44N4O5. The second kappa shape index (κ2) is 14.6. The molecule has 4 amide bonds. The van der Waals surface area contributed by atoms with Crippen LogP contribution in [0.3, 0.4) is 0 Å². The summed E-state index contributed by atoms with van der Waals surface area (Å²) in [6, 6.07) is 4.46. The van der Waals surface area contributed by atoms with E-state index in [0.717, 1.165) is 32.1 Å². The van der Waals surface area contributed by atoms with E-state index in [0.29, 0.717) is 17.5 Å². The number of hydrogen-bond donors (Lipinski definition) is 3. The number of ether oxygens (including phenoxy) is 1. The van der Waals surface area contributed by atoms with Gasteiger partial charge in [0, 0.05) is 24.1 Å². The van der Waals surface area contributed by atoms with Crippen LogP contribution in [0.1, 0.15) is 103 Å². The number of terminal acetylenes is 1. The van der Waals surface area contributed by atoms with Crippen LogP contribution in [-0.4, -0.2) is 52.4 Å². The number of carbonyl (C=O) groups excluding carboxylic acids is 4. The Hall–Kier alpha value is -3.54. The van der Waals surface area contributed by atoms with Crippen LogP contribution in [0.4, 0.5) is 4.79 Å². The topological polar surface area (TPSA) is 131 Å². The maximum atomic E-state index is 14.2. The van der Waals surface area contributed by atoms with Crippen LogP contribution in [0.25, 0.3) is 0 Å². The summed E-state index contributed by atoms with van der Waals surface area (Å²) < 4.78 is 5.38. The Labute approximate surface area is 232 Å². The number of primary amides is 1. The van der Waals surface area contributed by atoms with Gasteiger partial charge in [-0.25, -0.2) is 4.79 Å². The molecule has 4 N–H and O–H groups in total. The number of benzene rings is 1. The summed E-state index contributed by atoms with van der Waals surface area (Å²) in [4.78, 5) is 54.0. The second-order valence-corrected chi connectivity index (χ2v) is 11.2. The number of hydrogen-bond acceptors (Lipinski definition) is 5. The Morgan fingerprint density at radius 1 is 1.15 bits per heavy atom. The lowest BCUT2D eigenvalue weighted by Crippen LogP contribution is -2.56. The number of nitrogens with zero attached hydrogens (tertiary/aromatic N) is 1. The minimum Gasteiger partial charge on any atom is -0.444 e. The molecule has 0 bridgehead atoms. The van der Waals surface area contributed by atoms with Gasteiger partial charge in [-0.2, -0.15) is 0 Å². The number of rotatable bonds is 11. The number of alkyl carbamates (subject to hydrolysis) is 1. The molecule has 0 aliphatic heterocycles. The molecular weight excluding hydrogens is 496 g/mol. The van der Waals surface area contributed by atoms with Crippen molar-refractivity contribution in [3.8, 4) is 12.3 Å². The Balaban J connectivity index is 2.56. The highest BCUT2D eigenvalue weighted by Crippen LogP contribution is 2.30. The smallest absolute Gasteiger partial charge is 0.408 e. The van der Waals surface area contributed by atoms with Crippen molar-refractivity contribution >= 4 is 23.8 Å². The average molecular weight is 541 g/mol. The zero-order valence-electron chi connectivity index (χ0n) is 23.9. The molecule has 1 aliphatic carbocycles. The second-order valence-electron chi connectivity index (χ2n) is 11.2. The molecule has 0 radical (unpaired) electrons. The van der Waals surface area contributed by atoms with Gasteiger partial charge < -0.3 is 26.0 Å². The summed E-state index contributed by atoms with van der Waals surface area (Å²) in [6.07, 6.45) is 10.3. The monoisotopic (exact) mass is 540 g/mol. The normalized spacial score (nSPS) is 16.2. The third-order valence-electron chi connectivity index (χ3n) is 6.88. The average Bonchev–Trinajstić information content (AvgIpc) is 2.88. The van der Waals surface area contributed by atoms with E-state index in [1.807, 2.05) is 13.8 Å². The van der Waals surface area contributed by atoms with E-state index in [4.69, 9.17) is 16.9 Å². The number of nitrogens with one attached hydrogen (secondary N) is 2. The Bertz CT molecular complexity index is 1050. The predicted octanol–water partition coefficient (Wildman–Crippen LogP) is 3.94. The molecule has 39 heavy (non-hydrogen) atoms. The molecule has 1 aromatic carbocycles. The molecule has 214 valence electrons. The van der Waals surface area contributed by atoms with Crippen LogP contribution in [0.15, 0.2) is 24.3 Å². The third-order valence-corrected chi connectivity index (χ3v) is 6.88. The predicted molar refractivity (Wildman–Crippen MR) is 150 cm³/mol. The lowest BCUT2D eigenvalue weighted by atomic mass is 9.92. The van der Waals surface area contributed by atoms with Crippen LogP contribution < -0.4 is 16.4 Å². The van der Waals surface area contributed by atoms with E-state index in [2.05, 4.69) is 16.6 Å². The van der Waals surface area contributed by atoms with Gasteiger partial charge in [0.25, 0.3) is 0 Å². The molecule has 0 saturated heterocycles. The van der Waals surface area contributed by atoms with Crippen molar-refractivity contribution in [2.45, 2.75) is 116 Å². The molecule has 9 heteroatoms. The number of amides is 4. The van der Waals surface area contributed by atoms with E-state index in [9.17, 15) is 19.2 Å². The molecule has 9 nitrogen and oxygen atoms in total. The van der Waals surface area contributed by atoms with Crippen molar-refractivity contribution in [1.82, 2.24) is 15.5 Å². The maximum Gasteiger partial charge on any atom is 0.408 e. The first kappa shape index (κ1) is 31.7. The van der Waals surface area contributed by atoms with Crippen molar-refractivity contribution < 1.29 is 23.9 Å². The summed E-state index contributed by atoms with van der Waals surface area (Å²) >= 11 is 0. The number of nitrogens with two attached hydrogens (primary N) is 1. The summed E-state index contributed by atoms with van der Waals surface area (Å²) in [6.45, 7) is 8.88. The van der Waals surface area contributed by atoms with E-state index in [-0.39, 0.29) is 24.8 Å². The Morgan fingerprint density at radius 2 is 1.79 bits per heavy atom. The lowest BCUT2D eigenvalue weighted by molar-refractivity contribution is -0.145. The van der Waals surface area contributed by atoms with Crippen molar-refractivity contribution in [3.05, 3.63) is 35.4 Å². The largest absolute Gasteiger partial charge is 0.444 e. The molecule has 0 heterocycles. The Morgan fingerprint density at radius 3 is 2.36 bits per heavy atom. The van der Waals surface area contributed by atoms with Gasteiger partial charge >= 0.3 is 6.09 Å². The third kappa shape index (κ3) is 9.61. The summed E-state index contributed by atoms with van der Waals surface area (Å²) in [5, 5.41) is 5.77. The van der Waals surface area contributed by atoms with Crippen molar-refractivity contribution in [2.24, 2.45) is 5.73 Å². The molecule has 3 unspecified atom stereocenters. The highest BCUT2D eigenvalue weighted by atomic mass is 16.6. The van der Waals surface area contributed by atoms with Crippen LogP contribution in [0.5, 0.6) is 0 Å². The lowest BCUT2D eigenvalue weighted by Gasteiger charge is -2.39. The summed E-state index contributed by atoms with van der Waals surface area (Å²) in [5.41, 5.74) is 5.60. The molecule has 0 spiro atoms. The van der Waals surface area contributed by atoms with E-state index < -0.39 is 41.6 Å². The van der Waals surface area contributed by atoms with Crippen LogP contribution in [0, 0.1) is 12.3 Å². The van der Waals surface area contributed by atoms with Crippen molar-refractivity contribution in [3.63, 3.8) is 0 Å². The van der Waals surface area contributed by atoms with Crippen LogP contribution >= 0.6 is 0 Å². The molecule has 1 aliphatic rings. The molecule has 1 fully saturated rings. The van der Waals surface area contributed by atoms with Gasteiger partial charge in [-0.3, -0.25) is 14.4 Å². The van der Waals surface area contributed by atoms with Gasteiger partial charge in [0.2, 0.25) is 17.7 Å². The van der Waals surface area contributed by atoms with Crippen molar-refractivity contribution in [2.75, 3.05) is 0 Å². The van der Waals surface area contributed by atoms with Gasteiger partial charge in [-0.1, -0.05) is 50.3 Å².